The predicted molar refractivity (Wildman–Crippen MR) is 87.1 cm³/mol. The Morgan fingerprint density at radius 2 is 1.90 bits per heavy atom. The van der Waals surface area contributed by atoms with Gasteiger partial charge in [-0.1, -0.05) is 27.2 Å². The Balaban J connectivity index is 2.01. The van der Waals surface area contributed by atoms with Crippen LogP contribution in [0.25, 0.3) is 0 Å². The second kappa shape index (κ2) is 7.59. The van der Waals surface area contributed by atoms with Crippen LogP contribution in [0.2, 0.25) is 0 Å². The monoisotopic (exact) mass is 295 g/mol. The molecule has 4 nitrogen and oxygen atoms in total. The first-order valence-corrected chi connectivity index (χ1v) is 8.83. The molecule has 0 saturated carbocycles. The van der Waals surface area contributed by atoms with Crippen LogP contribution >= 0.6 is 0 Å². The van der Waals surface area contributed by atoms with Crippen molar-refractivity contribution in [2.45, 2.75) is 78.0 Å². The number of hydrogen-bond donors (Lipinski definition) is 1. The van der Waals surface area contributed by atoms with Crippen molar-refractivity contribution in [3.8, 4) is 0 Å². The first-order chi connectivity index (χ1) is 10.0. The number of nitrogens with zero attached hydrogens (tertiary/aromatic N) is 2. The van der Waals surface area contributed by atoms with Gasteiger partial charge in [0.1, 0.15) is 0 Å². The number of amides is 1. The summed E-state index contributed by atoms with van der Waals surface area (Å²) in [5, 5.41) is 3.59. The molecule has 0 aromatic heterocycles. The van der Waals surface area contributed by atoms with Crippen molar-refractivity contribution in [2.75, 3.05) is 19.6 Å². The lowest BCUT2D eigenvalue weighted by Gasteiger charge is -2.33. The number of nitrogens with one attached hydrogen (secondary N) is 1. The first-order valence-electron chi connectivity index (χ1n) is 8.83. The van der Waals surface area contributed by atoms with E-state index in [-0.39, 0.29) is 12.2 Å². The maximum atomic E-state index is 12.7. The summed E-state index contributed by atoms with van der Waals surface area (Å²) in [6.45, 7) is 12.3. The van der Waals surface area contributed by atoms with Crippen molar-refractivity contribution in [3.63, 3.8) is 0 Å². The van der Waals surface area contributed by atoms with Crippen LogP contribution in [-0.4, -0.2) is 53.6 Å². The molecule has 122 valence electrons. The summed E-state index contributed by atoms with van der Waals surface area (Å²) in [4.78, 5) is 17.4. The zero-order valence-electron chi connectivity index (χ0n) is 14.3. The number of carbonyl (C=O) groups is 1. The average Bonchev–Trinajstić information content (AvgIpc) is 2.99. The summed E-state index contributed by atoms with van der Waals surface area (Å²) < 4.78 is 0. The number of rotatable bonds is 7. The van der Waals surface area contributed by atoms with Crippen LogP contribution in [0.1, 0.15) is 59.8 Å². The Hall–Kier alpha value is -0.610. The van der Waals surface area contributed by atoms with Crippen LogP contribution in [0.5, 0.6) is 0 Å². The molecule has 3 unspecified atom stereocenters. The summed E-state index contributed by atoms with van der Waals surface area (Å²) in [7, 11) is 0. The molecule has 2 heterocycles. The fraction of sp³-hybridized carbons (Fsp3) is 0.941. The van der Waals surface area contributed by atoms with Gasteiger partial charge in [-0.25, -0.2) is 0 Å². The summed E-state index contributed by atoms with van der Waals surface area (Å²) >= 11 is 0. The molecule has 0 aromatic rings. The minimum absolute atomic E-state index is 0.0415. The maximum Gasteiger partial charge on any atom is 0.241 e. The highest BCUT2D eigenvalue weighted by Crippen LogP contribution is 2.23. The Kier molecular flexibility index (Phi) is 6.06. The fourth-order valence-electron chi connectivity index (χ4n) is 3.79. The van der Waals surface area contributed by atoms with Gasteiger partial charge in [0.15, 0.2) is 0 Å². The van der Waals surface area contributed by atoms with Gasteiger partial charge in [-0.15, -0.1) is 0 Å². The number of carbonyl (C=O) groups excluding carboxylic acids is 1. The summed E-state index contributed by atoms with van der Waals surface area (Å²) in [5.74, 6) is 0.936. The molecule has 1 N–H and O–H groups in total. The molecular formula is C17H33N3O. The molecule has 0 bridgehead atoms. The van der Waals surface area contributed by atoms with Crippen LogP contribution in [0.15, 0.2) is 0 Å². The van der Waals surface area contributed by atoms with E-state index in [1.807, 2.05) is 0 Å². The Bertz CT molecular complexity index is 339. The van der Waals surface area contributed by atoms with Crippen LogP contribution in [0, 0.1) is 5.92 Å². The lowest BCUT2D eigenvalue weighted by Crippen LogP contribution is -2.48. The largest absolute Gasteiger partial charge is 0.322 e. The van der Waals surface area contributed by atoms with Gasteiger partial charge in [-0.05, 0) is 51.6 Å². The third-order valence-corrected chi connectivity index (χ3v) is 4.75. The van der Waals surface area contributed by atoms with Gasteiger partial charge in [-0.3, -0.25) is 10.1 Å². The standard InChI is InChI=1S/C17H33N3O/c1-5-8-15-17(21)20(16(18-15)11-13(2)3)14(4)12-19-9-6-7-10-19/h13-16,18H,5-12H2,1-4H3. The molecule has 21 heavy (non-hydrogen) atoms. The predicted octanol–water partition coefficient (Wildman–Crippen LogP) is 2.44. The zero-order valence-corrected chi connectivity index (χ0v) is 14.3. The molecule has 2 rings (SSSR count). The van der Waals surface area contributed by atoms with E-state index < -0.39 is 0 Å². The van der Waals surface area contributed by atoms with Gasteiger partial charge in [0, 0.05) is 12.6 Å². The van der Waals surface area contributed by atoms with Gasteiger partial charge in [0.25, 0.3) is 0 Å². The van der Waals surface area contributed by atoms with Crippen LogP contribution in [0.3, 0.4) is 0 Å². The van der Waals surface area contributed by atoms with Crippen molar-refractivity contribution < 1.29 is 4.79 Å². The number of likely N-dealkylation sites (tertiary alicyclic amines) is 1. The normalized spacial score (nSPS) is 28.8. The quantitative estimate of drug-likeness (QED) is 0.783. The Labute approximate surface area is 130 Å². The van der Waals surface area contributed by atoms with Crippen LogP contribution < -0.4 is 5.32 Å². The van der Waals surface area contributed by atoms with E-state index >= 15 is 0 Å². The molecule has 1 amide bonds. The Morgan fingerprint density at radius 1 is 1.24 bits per heavy atom. The van der Waals surface area contributed by atoms with Gasteiger partial charge in [0.2, 0.25) is 5.91 Å². The minimum atomic E-state index is 0.0415. The van der Waals surface area contributed by atoms with Crippen molar-refractivity contribution in [3.05, 3.63) is 0 Å². The van der Waals surface area contributed by atoms with Crippen LogP contribution in [0.4, 0.5) is 0 Å². The molecule has 0 aliphatic carbocycles. The highest BCUT2D eigenvalue weighted by atomic mass is 16.2. The van der Waals surface area contributed by atoms with Crippen molar-refractivity contribution in [1.29, 1.82) is 0 Å². The zero-order chi connectivity index (χ0) is 15.4. The second-order valence-corrected chi connectivity index (χ2v) is 7.26. The topological polar surface area (TPSA) is 35.6 Å². The van der Waals surface area contributed by atoms with E-state index in [1.54, 1.807) is 0 Å². The summed E-state index contributed by atoms with van der Waals surface area (Å²) in [5.41, 5.74) is 0. The highest BCUT2D eigenvalue weighted by Gasteiger charge is 2.41. The Morgan fingerprint density at radius 3 is 2.48 bits per heavy atom. The van der Waals surface area contributed by atoms with E-state index in [2.05, 4.69) is 42.8 Å². The lowest BCUT2D eigenvalue weighted by molar-refractivity contribution is -0.132. The van der Waals surface area contributed by atoms with Gasteiger partial charge >= 0.3 is 0 Å². The molecule has 2 aliphatic heterocycles. The highest BCUT2D eigenvalue weighted by molar-refractivity contribution is 5.84. The molecule has 0 radical (unpaired) electrons. The molecular weight excluding hydrogens is 262 g/mol. The molecule has 2 saturated heterocycles. The van der Waals surface area contributed by atoms with Crippen LogP contribution in [-0.2, 0) is 4.79 Å². The fourth-order valence-corrected chi connectivity index (χ4v) is 3.79. The minimum Gasteiger partial charge on any atom is -0.322 e. The third-order valence-electron chi connectivity index (χ3n) is 4.75. The van der Waals surface area contributed by atoms with Crippen molar-refractivity contribution in [1.82, 2.24) is 15.1 Å². The smallest absolute Gasteiger partial charge is 0.241 e. The summed E-state index contributed by atoms with van der Waals surface area (Å²) in [6.07, 6.45) is 5.93. The average molecular weight is 295 g/mol. The second-order valence-electron chi connectivity index (χ2n) is 7.26. The van der Waals surface area contributed by atoms with Gasteiger partial charge < -0.3 is 9.80 Å². The molecule has 0 spiro atoms. The molecule has 0 aromatic carbocycles. The molecule has 2 fully saturated rings. The molecule has 3 atom stereocenters. The molecule has 2 aliphatic rings. The van der Waals surface area contributed by atoms with E-state index in [0.717, 1.165) is 25.8 Å². The van der Waals surface area contributed by atoms with Crippen molar-refractivity contribution in [2.24, 2.45) is 5.92 Å². The van der Waals surface area contributed by atoms with E-state index in [0.29, 0.717) is 17.9 Å². The van der Waals surface area contributed by atoms with E-state index in [4.69, 9.17) is 0 Å². The first kappa shape index (κ1) is 16.8. The van der Waals surface area contributed by atoms with E-state index in [9.17, 15) is 4.79 Å². The summed E-state index contributed by atoms with van der Waals surface area (Å²) in [6, 6.07) is 0.355. The molecule has 4 heteroatoms. The van der Waals surface area contributed by atoms with Crippen molar-refractivity contribution >= 4 is 5.91 Å². The SMILES string of the molecule is CCCC1NC(CC(C)C)N(C(C)CN2CCCC2)C1=O. The van der Waals surface area contributed by atoms with Gasteiger partial charge in [0.05, 0.1) is 12.2 Å². The maximum absolute atomic E-state index is 12.7. The lowest BCUT2D eigenvalue weighted by atomic mass is 10.1. The van der Waals surface area contributed by atoms with E-state index in [1.165, 1.54) is 25.9 Å². The third kappa shape index (κ3) is 4.19. The van der Waals surface area contributed by atoms with Gasteiger partial charge in [-0.2, -0.15) is 0 Å². The number of hydrogen-bond acceptors (Lipinski definition) is 3.